The second-order valence-electron chi connectivity index (χ2n) is 7.24. The second kappa shape index (κ2) is 9.65. The van der Waals surface area contributed by atoms with E-state index in [2.05, 4.69) is 10.6 Å². The van der Waals surface area contributed by atoms with E-state index in [4.69, 9.17) is 10.5 Å². The van der Waals surface area contributed by atoms with Gasteiger partial charge in [-0.25, -0.2) is 0 Å². The summed E-state index contributed by atoms with van der Waals surface area (Å²) >= 11 is 1.47. The van der Waals surface area contributed by atoms with Crippen molar-refractivity contribution in [1.29, 1.82) is 0 Å². The quantitative estimate of drug-likeness (QED) is 0.285. The number of amides is 3. The highest BCUT2D eigenvalue weighted by Crippen LogP contribution is 2.31. The highest BCUT2D eigenvalue weighted by atomic mass is 32.2. The van der Waals surface area contributed by atoms with E-state index in [1.54, 1.807) is 18.2 Å². The molecule has 0 spiro atoms. The smallest absolute Gasteiger partial charge is 0.255 e. The average Bonchev–Trinajstić information content (AvgIpc) is 2.70. The number of thioether (sulfide) groups is 1. The Kier molecular flexibility index (Phi) is 7.70. The van der Waals surface area contributed by atoms with Crippen LogP contribution in [0.25, 0.3) is 0 Å². The van der Waals surface area contributed by atoms with Crippen LogP contribution in [0.3, 0.4) is 0 Å². The minimum absolute atomic E-state index is 0.193. The number of nitrogens with one attached hydrogen (secondary N) is 2. The summed E-state index contributed by atoms with van der Waals surface area (Å²) < 4.78 is 5.25. The van der Waals surface area contributed by atoms with Crippen LogP contribution in [0.5, 0.6) is 5.75 Å². The number of carbonyl (C=O) groups excluding carboxylic acids is 3. The third-order valence-corrected chi connectivity index (χ3v) is 5.80. The van der Waals surface area contributed by atoms with Gasteiger partial charge in [-0.3, -0.25) is 14.4 Å². The van der Waals surface area contributed by atoms with Crippen LogP contribution < -0.4 is 21.1 Å². The summed E-state index contributed by atoms with van der Waals surface area (Å²) in [7, 11) is 1.42. The van der Waals surface area contributed by atoms with Gasteiger partial charge in [-0.15, -0.1) is 11.8 Å². The number of nitrogens with two attached hydrogens (primary N) is 1. The molecule has 5 atom stereocenters. The lowest BCUT2D eigenvalue weighted by Gasteiger charge is -2.41. The molecule has 1 aromatic rings. The maximum Gasteiger partial charge on any atom is 0.255 e. The van der Waals surface area contributed by atoms with Gasteiger partial charge >= 0.3 is 0 Å². The van der Waals surface area contributed by atoms with Gasteiger partial charge in [-0.1, -0.05) is 0 Å². The number of hydrogen-bond donors (Lipinski definition) is 6. The Morgan fingerprint density at radius 1 is 1.30 bits per heavy atom. The summed E-state index contributed by atoms with van der Waals surface area (Å²) in [6, 6.07) is 2.78. The van der Waals surface area contributed by atoms with Gasteiger partial charge in [0.2, 0.25) is 5.91 Å². The molecule has 0 bridgehead atoms. The largest absolute Gasteiger partial charge is 0.496 e. The van der Waals surface area contributed by atoms with Crippen molar-refractivity contribution in [3.05, 3.63) is 23.8 Å². The molecule has 1 saturated carbocycles. The van der Waals surface area contributed by atoms with Crippen molar-refractivity contribution in [2.24, 2.45) is 5.73 Å². The third-order valence-electron chi connectivity index (χ3n) is 5.08. The Labute approximate surface area is 178 Å². The van der Waals surface area contributed by atoms with E-state index in [-0.39, 0.29) is 12.0 Å². The zero-order valence-electron chi connectivity index (χ0n) is 16.9. The molecule has 166 valence electrons. The Morgan fingerprint density at radius 3 is 2.53 bits per heavy atom. The fraction of sp³-hybridized carbons (Fsp3) is 0.526. The lowest BCUT2D eigenvalue weighted by Crippen LogP contribution is -2.64. The number of hydrogen-bond acceptors (Lipinski definition) is 8. The van der Waals surface area contributed by atoms with Crippen LogP contribution in [0.2, 0.25) is 0 Å². The highest BCUT2D eigenvalue weighted by molar-refractivity contribution is 7.98. The fourth-order valence-electron chi connectivity index (χ4n) is 3.26. The summed E-state index contributed by atoms with van der Waals surface area (Å²) in [5.41, 5.74) is 3.19. The first-order valence-corrected chi connectivity index (χ1v) is 10.5. The summed E-state index contributed by atoms with van der Waals surface area (Å²) in [5.74, 6) is -2.02. The number of aliphatic hydroxyl groups is 3. The van der Waals surface area contributed by atoms with E-state index >= 15 is 0 Å². The molecule has 1 fully saturated rings. The molecule has 10 nitrogen and oxygen atoms in total. The van der Waals surface area contributed by atoms with Crippen LogP contribution in [0.1, 0.15) is 30.1 Å². The SMILES string of the molecule is COc1cc(SC)ccc1C(=O)NC1CC(O)(C(=O)NC(C)C(N)=O)CC(O)C1O. The Balaban J connectivity index is 2.21. The lowest BCUT2D eigenvalue weighted by molar-refractivity contribution is -0.158. The second-order valence-corrected chi connectivity index (χ2v) is 8.12. The standard InChI is InChI=1S/C19H27N3O7S/c1-9(16(20)25)21-18(27)19(28)7-12(15(24)13(23)8-19)22-17(26)11-5-4-10(30-3)6-14(11)29-2/h4-6,9,12-13,15,23-24,28H,7-8H2,1-3H3,(H2,20,25)(H,21,27)(H,22,26). The van der Waals surface area contributed by atoms with Gasteiger partial charge in [0.15, 0.2) is 0 Å². The minimum atomic E-state index is -2.12. The van der Waals surface area contributed by atoms with Crippen molar-refractivity contribution >= 4 is 29.5 Å². The summed E-state index contributed by atoms with van der Waals surface area (Å²) in [6.45, 7) is 1.35. The summed E-state index contributed by atoms with van der Waals surface area (Å²) in [6.07, 6.45) is -1.86. The monoisotopic (exact) mass is 441 g/mol. The molecule has 3 amide bonds. The first-order valence-electron chi connectivity index (χ1n) is 9.24. The first kappa shape index (κ1) is 23.9. The number of rotatable bonds is 7. The fourth-order valence-corrected chi connectivity index (χ4v) is 3.69. The predicted octanol–water partition coefficient (Wildman–Crippen LogP) is -1.25. The Hall–Kier alpha value is -2.34. The van der Waals surface area contributed by atoms with E-state index in [1.807, 2.05) is 6.26 Å². The summed E-state index contributed by atoms with van der Waals surface area (Å²) in [4.78, 5) is 37.3. The molecule has 11 heteroatoms. The van der Waals surface area contributed by atoms with Crippen molar-refractivity contribution < 1.29 is 34.4 Å². The van der Waals surface area contributed by atoms with Gasteiger partial charge in [-0.05, 0) is 31.4 Å². The van der Waals surface area contributed by atoms with Crippen LogP contribution >= 0.6 is 11.8 Å². The van der Waals surface area contributed by atoms with Crippen molar-refractivity contribution in [2.45, 2.75) is 54.6 Å². The molecule has 5 unspecified atom stereocenters. The van der Waals surface area contributed by atoms with E-state index in [0.717, 1.165) is 4.90 Å². The van der Waals surface area contributed by atoms with E-state index < -0.39 is 54.0 Å². The number of methoxy groups -OCH3 is 1. The number of benzene rings is 1. The number of ether oxygens (including phenoxy) is 1. The molecule has 7 N–H and O–H groups in total. The van der Waals surface area contributed by atoms with Gasteiger partial charge in [0.05, 0.1) is 24.8 Å². The molecule has 1 aliphatic carbocycles. The molecule has 0 aromatic heterocycles. The number of primary amides is 1. The number of carbonyl (C=O) groups is 3. The van der Waals surface area contributed by atoms with Crippen molar-refractivity contribution in [3.8, 4) is 5.75 Å². The predicted molar refractivity (Wildman–Crippen MR) is 109 cm³/mol. The molecule has 0 saturated heterocycles. The van der Waals surface area contributed by atoms with Gasteiger partial charge in [0, 0.05) is 17.7 Å². The average molecular weight is 442 g/mol. The molecular formula is C19H27N3O7S. The van der Waals surface area contributed by atoms with Gasteiger partial charge in [0.1, 0.15) is 23.5 Å². The van der Waals surface area contributed by atoms with Crippen molar-refractivity contribution in [1.82, 2.24) is 10.6 Å². The maximum absolute atomic E-state index is 12.8. The molecule has 0 radical (unpaired) electrons. The molecule has 1 aliphatic rings. The van der Waals surface area contributed by atoms with E-state index in [9.17, 15) is 29.7 Å². The Bertz CT molecular complexity index is 821. The molecule has 1 aromatic carbocycles. The molecule has 0 heterocycles. The highest BCUT2D eigenvalue weighted by Gasteiger charge is 2.49. The number of aliphatic hydroxyl groups excluding tert-OH is 2. The molecule has 30 heavy (non-hydrogen) atoms. The van der Waals surface area contributed by atoms with Gasteiger partial charge in [-0.2, -0.15) is 0 Å². The van der Waals surface area contributed by atoms with E-state index in [1.165, 1.54) is 25.8 Å². The summed E-state index contributed by atoms with van der Waals surface area (Å²) in [5, 5.41) is 36.1. The molecule has 0 aliphatic heterocycles. The van der Waals surface area contributed by atoms with Gasteiger partial charge in [0.25, 0.3) is 11.8 Å². The van der Waals surface area contributed by atoms with Crippen LogP contribution in [0.4, 0.5) is 0 Å². The molecule has 2 rings (SSSR count). The maximum atomic E-state index is 12.8. The zero-order valence-corrected chi connectivity index (χ0v) is 17.7. The Morgan fingerprint density at radius 2 is 1.97 bits per heavy atom. The third kappa shape index (κ3) is 5.22. The van der Waals surface area contributed by atoms with Crippen LogP contribution in [-0.2, 0) is 9.59 Å². The van der Waals surface area contributed by atoms with Crippen LogP contribution in [-0.4, -0.2) is 76.3 Å². The van der Waals surface area contributed by atoms with Crippen LogP contribution in [0, 0.1) is 0 Å². The van der Waals surface area contributed by atoms with E-state index in [0.29, 0.717) is 5.75 Å². The van der Waals surface area contributed by atoms with Crippen molar-refractivity contribution in [3.63, 3.8) is 0 Å². The first-order chi connectivity index (χ1) is 14.0. The van der Waals surface area contributed by atoms with Gasteiger partial charge < -0.3 is 36.4 Å². The topological polar surface area (TPSA) is 171 Å². The van der Waals surface area contributed by atoms with Crippen molar-refractivity contribution in [2.75, 3.05) is 13.4 Å². The van der Waals surface area contributed by atoms with Crippen LogP contribution in [0.15, 0.2) is 23.1 Å². The minimum Gasteiger partial charge on any atom is -0.496 e. The molecular weight excluding hydrogens is 414 g/mol. The lowest BCUT2D eigenvalue weighted by atomic mass is 9.77. The normalized spacial score (nSPS) is 27.1. The zero-order chi connectivity index (χ0) is 22.6.